The van der Waals surface area contributed by atoms with Crippen LogP contribution in [-0.2, 0) is 9.53 Å². The number of nitrogens with one attached hydrogen (secondary N) is 1. The summed E-state index contributed by atoms with van der Waals surface area (Å²) in [6, 6.07) is 4.58. The molecule has 3 aliphatic heterocycles. The largest absolute Gasteiger partial charge is 0.497 e. The molecule has 3 amide bonds. The maximum absolute atomic E-state index is 13.4. The number of hydrogen-bond acceptors (Lipinski definition) is 6. The van der Waals surface area contributed by atoms with E-state index >= 15 is 0 Å². The lowest BCUT2D eigenvalue weighted by atomic mass is 9.94. The van der Waals surface area contributed by atoms with E-state index in [0.29, 0.717) is 35.7 Å². The molecule has 3 aliphatic rings. The second-order valence-corrected chi connectivity index (χ2v) is 7.94. The van der Waals surface area contributed by atoms with Gasteiger partial charge in [0.1, 0.15) is 11.5 Å². The summed E-state index contributed by atoms with van der Waals surface area (Å²) in [7, 11) is 4.86. The first kappa shape index (κ1) is 21.5. The van der Waals surface area contributed by atoms with Gasteiger partial charge in [0.2, 0.25) is 0 Å². The molecule has 0 spiro atoms. The molecule has 1 aromatic rings. The second kappa shape index (κ2) is 9.15. The van der Waals surface area contributed by atoms with Crippen LogP contribution >= 0.6 is 0 Å². The predicted molar refractivity (Wildman–Crippen MR) is 114 cm³/mol. The third-order valence-electron chi connectivity index (χ3n) is 6.19. The molecular weight excluding hydrogens is 400 g/mol. The van der Waals surface area contributed by atoms with Crippen molar-refractivity contribution in [2.75, 3.05) is 67.2 Å². The second-order valence-electron chi connectivity index (χ2n) is 7.94. The van der Waals surface area contributed by atoms with Gasteiger partial charge in [0.15, 0.2) is 0 Å². The van der Waals surface area contributed by atoms with Gasteiger partial charge < -0.3 is 24.4 Å². The Bertz CT molecular complexity index is 881. The van der Waals surface area contributed by atoms with Crippen LogP contribution < -0.4 is 14.8 Å². The van der Waals surface area contributed by atoms with Crippen molar-refractivity contribution >= 4 is 11.9 Å². The Hall–Kier alpha value is -2.78. The number of nitrogens with zero attached hydrogens (tertiary/aromatic N) is 3. The molecular formula is C22H30N4O5. The smallest absolute Gasteiger partial charge is 0.322 e. The zero-order valence-electron chi connectivity index (χ0n) is 18.3. The maximum Gasteiger partial charge on any atom is 0.322 e. The highest BCUT2D eigenvalue weighted by atomic mass is 16.5. The number of urea groups is 1. The van der Waals surface area contributed by atoms with Gasteiger partial charge in [0, 0.05) is 38.8 Å². The number of morpholine rings is 1. The van der Waals surface area contributed by atoms with E-state index in [1.54, 1.807) is 38.3 Å². The Morgan fingerprint density at radius 3 is 2.61 bits per heavy atom. The van der Waals surface area contributed by atoms with Crippen molar-refractivity contribution in [3.05, 3.63) is 35.0 Å². The molecule has 0 saturated carbocycles. The van der Waals surface area contributed by atoms with Gasteiger partial charge >= 0.3 is 6.03 Å². The van der Waals surface area contributed by atoms with Crippen LogP contribution in [0, 0.1) is 0 Å². The van der Waals surface area contributed by atoms with Crippen LogP contribution in [0.15, 0.2) is 29.5 Å². The zero-order chi connectivity index (χ0) is 22.0. The van der Waals surface area contributed by atoms with Gasteiger partial charge in [-0.15, -0.1) is 0 Å². The Kier molecular flexibility index (Phi) is 6.33. The Labute approximate surface area is 182 Å². The monoisotopic (exact) mass is 430 g/mol. The number of methoxy groups -OCH3 is 2. The summed E-state index contributed by atoms with van der Waals surface area (Å²) in [5.74, 6) is 1.19. The van der Waals surface area contributed by atoms with Gasteiger partial charge in [-0.3, -0.25) is 14.6 Å². The van der Waals surface area contributed by atoms with E-state index in [1.807, 2.05) is 11.0 Å². The maximum atomic E-state index is 13.4. The number of carbonyl (C=O) groups is 2. The fourth-order valence-electron chi connectivity index (χ4n) is 4.41. The predicted octanol–water partition coefficient (Wildman–Crippen LogP) is 1.22. The molecule has 1 aromatic carbocycles. The number of carbonyl (C=O) groups excluding carboxylic acids is 2. The number of hydrogen-bond donors (Lipinski definition) is 1. The van der Waals surface area contributed by atoms with Crippen LogP contribution in [0.4, 0.5) is 4.79 Å². The minimum Gasteiger partial charge on any atom is -0.497 e. The lowest BCUT2D eigenvalue weighted by Crippen LogP contribution is -2.45. The van der Waals surface area contributed by atoms with E-state index in [4.69, 9.17) is 14.2 Å². The van der Waals surface area contributed by atoms with Crippen LogP contribution in [0.2, 0.25) is 0 Å². The molecule has 0 aliphatic carbocycles. The molecule has 4 rings (SSSR count). The van der Waals surface area contributed by atoms with Crippen LogP contribution in [0.1, 0.15) is 18.0 Å². The quantitative estimate of drug-likeness (QED) is 0.700. The summed E-state index contributed by atoms with van der Waals surface area (Å²) in [5, 5.41) is 2.96. The first-order chi connectivity index (χ1) is 15.0. The number of rotatable bonds is 7. The van der Waals surface area contributed by atoms with Gasteiger partial charge in [-0.05, 0) is 24.6 Å². The molecule has 0 radical (unpaired) electrons. The van der Waals surface area contributed by atoms with Gasteiger partial charge in [-0.25, -0.2) is 4.79 Å². The number of ether oxygens (including phenoxy) is 3. The fourth-order valence-corrected chi connectivity index (χ4v) is 4.41. The Morgan fingerprint density at radius 1 is 1.13 bits per heavy atom. The average molecular weight is 431 g/mol. The highest BCUT2D eigenvalue weighted by Crippen LogP contribution is 2.40. The van der Waals surface area contributed by atoms with Crippen LogP contribution in [0.25, 0.3) is 0 Å². The Morgan fingerprint density at radius 2 is 1.90 bits per heavy atom. The van der Waals surface area contributed by atoms with Gasteiger partial charge in [0.25, 0.3) is 5.91 Å². The van der Waals surface area contributed by atoms with Crippen molar-refractivity contribution in [3.8, 4) is 11.5 Å². The standard InChI is InChI=1S/C22H30N4O5/c1-24-17-14-26(8-4-7-25-9-11-31-12-10-25)21(27)19(17)20(23-22(24)28)16-13-15(29-2)5-6-18(16)30-3/h5-6,13,20H,4,7-12,14H2,1-3H3,(H,23,28). The molecule has 0 bridgehead atoms. The van der Waals surface area contributed by atoms with E-state index in [2.05, 4.69) is 10.2 Å². The lowest BCUT2D eigenvalue weighted by molar-refractivity contribution is -0.125. The van der Waals surface area contributed by atoms with Crippen LogP contribution in [0.3, 0.4) is 0 Å². The summed E-state index contributed by atoms with van der Waals surface area (Å²) in [5.41, 5.74) is 2.05. The molecule has 1 unspecified atom stereocenters. The van der Waals surface area contributed by atoms with Crippen molar-refractivity contribution in [3.63, 3.8) is 0 Å². The van der Waals surface area contributed by atoms with Crippen molar-refractivity contribution < 1.29 is 23.8 Å². The number of likely N-dealkylation sites (N-methyl/N-ethyl adjacent to an activating group) is 1. The first-order valence-electron chi connectivity index (χ1n) is 10.6. The summed E-state index contributed by atoms with van der Waals surface area (Å²) < 4.78 is 16.3. The molecule has 9 heteroatoms. The van der Waals surface area contributed by atoms with E-state index < -0.39 is 6.04 Å². The van der Waals surface area contributed by atoms with Crippen molar-refractivity contribution in [1.82, 2.24) is 20.0 Å². The van der Waals surface area contributed by atoms with Crippen molar-refractivity contribution in [1.29, 1.82) is 0 Å². The molecule has 31 heavy (non-hydrogen) atoms. The molecule has 1 fully saturated rings. The molecule has 1 saturated heterocycles. The number of benzene rings is 1. The van der Waals surface area contributed by atoms with Crippen LogP contribution in [0.5, 0.6) is 11.5 Å². The highest BCUT2D eigenvalue weighted by molar-refractivity contribution is 6.01. The van der Waals surface area contributed by atoms with E-state index in [1.165, 1.54) is 0 Å². The lowest BCUT2D eigenvalue weighted by Gasteiger charge is -2.31. The average Bonchev–Trinajstić information content (AvgIpc) is 3.13. The summed E-state index contributed by atoms with van der Waals surface area (Å²) in [6.45, 7) is 5.40. The topological polar surface area (TPSA) is 83.6 Å². The molecule has 0 aromatic heterocycles. The van der Waals surface area contributed by atoms with E-state index in [9.17, 15) is 9.59 Å². The molecule has 3 heterocycles. The van der Waals surface area contributed by atoms with Crippen LogP contribution in [-0.4, -0.2) is 93.8 Å². The van der Waals surface area contributed by atoms with Gasteiger partial charge in [-0.1, -0.05) is 0 Å². The summed E-state index contributed by atoms with van der Waals surface area (Å²) in [4.78, 5) is 31.8. The highest BCUT2D eigenvalue weighted by Gasteiger charge is 2.43. The number of amides is 3. The zero-order valence-corrected chi connectivity index (χ0v) is 18.3. The van der Waals surface area contributed by atoms with Gasteiger partial charge in [-0.2, -0.15) is 0 Å². The summed E-state index contributed by atoms with van der Waals surface area (Å²) >= 11 is 0. The third kappa shape index (κ3) is 4.20. The fraction of sp³-hybridized carbons (Fsp3) is 0.545. The molecule has 1 N–H and O–H groups in total. The molecule has 9 nitrogen and oxygen atoms in total. The van der Waals surface area contributed by atoms with Gasteiger partial charge in [0.05, 0.1) is 51.3 Å². The molecule has 1 atom stereocenters. The van der Waals surface area contributed by atoms with E-state index in [0.717, 1.165) is 45.0 Å². The Balaban J connectivity index is 1.54. The summed E-state index contributed by atoms with van der Waals surface area (Å²) in [6.07, 6.45) is 0.880. The van der Waals surface area contributed by atoms with E-state index in [-0.39, 0.29) is 11.9 Å². The minimum absolute atomic E-state index is 0.0429. The molecule has 168 valence electrons. The third-order valence-corrected chi connectivity index (χ3v) is 6.19. The van der Waals surface area contributed by atoms with Crippen molar-refractivity contribution in [2.45, 2.75) is 12.5 Å². The first-order valence-corrected chi connectivity index (χ1v) is 10.6. The minimum atomic E-state index is -0.583. The SMILES string of the molecule is COc1ccc(OC)c(C2NC(=O)N(C)C3=C2C(=O)N(CCCN2CCOCC2)C3)c1. The van der Waals surface area contributed by atoms with Crippen molar-refractivity contribution in [2.24, 2.45) is 0 Å². The normalized spacial score (nSPS) is 22.0.